The third-order valence-corrected chi connectivity index (χ3v) is 15.7. The van der Waals surface area contributed by atoms with Crippen LogP contribution in [0.4, 0.5) is 0 Å². The molecule has 6 heteroatoms. The van der Waals surface area contributed by atoms with Crippen molar-refractivity contribution >= 4 is 87.0 Å². The maximum absolute atomic E-state index is 6.80. The van der Waals surface area contributed by atoms with Crippen LogP contribution in [-0.2, 0) is 14.1 Å². The summed E-state index contributed by atoms with van der Waals surface area (Å²) in [6.07, 6.45) is 6.80. The molecule has 5 heterocycles. The largest absolute Gasteiger partial charge is 0.314 e. The lowest BCUT2D eigenvalue weighted by Gasteiger charge is -2.12. The summed E-state index contributed by atoms with van der Waals surface area (Å²) in [5.41, 5.74) is 15.8. The molecule has 13 aromatic rings. The molecule has 0 radical (unpaired) electrons. The Balaban J connectivity index is 0.00000261. The van der Waals surface area contributed by atoms with Crippen molar-refractivity contribution < 1.29 is 4.57 Å². The summed E-state index contributed by atoms with van der Waals surface area (Å²) in [6, 6.07) is 73.7. The predicted octanol–water partition coefficient (Wildman–Crippen LogP) is 17.0. The molecule has 0 aliphatic carbocycles. The fourth-order valence-electron chi connectivity index (χ4n) is 12.0. The van der Waals surface area contributed by atoms with Crippen LogP contribution in [0.15, 0.2) is 194 Å². The summed E-state index contributed by atoms with van der Waals surface area (Å²) in [7, 11) is 4.30. The van der Waals surface area contributed by atoms with Gasteiger partial charge in [-0.2, -0.15) is 0 Å². The van der Waals surface area contributed by atoms with Crippen molar-refractivity contribution in [2.45, 2.75) is 27.7 Å². The highest BCUT2D eigenvalue weighted by Crippen LogP contribution is 2.50. The van der Waals surface area contributed by atoms with Gasteiger partial charge < -0.3 is 9.13 Å². The lowest BCUT2D eigenvalue weighted by atomic mass is 9.91. The van der Waals surface area contributed by atoms with Crippen molar-refractivity contribution in [3.63, 3.8) is 0 Å². The average Bonchev–Trinajstić information content (AvgIpc) is 4.31. The van der Waals surface area contributed by atoms with Gasteiger partial charge in [-0.05, 0) is 117 Å². The molecule has 0 fully saturated rings. The van der Waals surface area contributed by atoms with Gasteiger partial charge in [-0.1, -0.05) is 187 Å². The molecular weight excluding hydrogens is 925 g/mol. The summed E-state index contributed by atoms with van der Waals surface area (Å²) < 4.78 is 6.42. The number of fused-ring (bicyclic) bond motifs is 24. The molecule has 0 atom stereocenters. The van der Waals surface area contributed by atoms with E-state index < -0.39 is 0 Å². The van der Waals surface area contributed by atoms with E-state index in [1.807, 2.05) is 18.4 Å². The van der Waals surface area contributed by atoms with E-state index in [4.69, 9.17) is 21.4 Å². The second-order valence-corrected chi connectivity index (χ2v) is 20.1. The van der Waals surface area contributed by atoms with Gasteiger partial charge in [0.2, 0.25) is 11.3 Å². The quantitative estimate of drug-likeness (QED) is 0.128. The number of hydrogen-bond donors (Lipinski definition) is 0. The Morgan fingerprint density at radius 1 is 0.382 bits per heavy atom. The Morgan fingerprint density at radius 2 is 0.684 bits per heavy atom. The molecular formula is C70H51N6+. The number of aromatic nitrogens is 6. The van der Waals surface area contributed by atoms with Crippen molar-refractivity contribution in [3.8, 4) is 80.0 Å². The van der Waals surface area contributed by atoms with Crippen LogP contribution in [0.2, 0.25) is 0 Å². The molecule has 15 rings (SSSR count). The summed E-state index contributed by atoms with van der Waals surface area (Å²) in [5.74, 6) is 1.28. The lowest BCUT2D eigenvalue weighted by molar-refractivity contribution is -0.560. The smallest absolute Gasteiger partial charge is 0.286 e. The molecule has 0 spiro atoms. The van der Waals surface area contributed by atoms with Crippen LogP contribution in [0.3, 0.4) is 0 Å². The Kier molecular flexibility index (Phi) is 10.2. The molecule has 8 bridgehead atoms. The first kappa shape index (κ1) is 45.0. The van der Waals surface area contributed by atoms with Gasteiger partial charge in [0.05, 0.1) is 39.6 Å². The van der Waals surface area contributed by atoms with Crippen LogP contribution in [0.25, 0.3) is 155 Å². The average molecular weight is 976 g/mol. The third kappa shape index (κ3) is 6.69. The van der Waals surface area contributed by atoms with Crippen LogP contribution in [0.5, 0.6) is 0 Å². The minimum atomic E-state index is 0.639. The van der Waals surface area contributed by atoms with E-state index in [0.717, 1.165) is 143 Å². The fourth-order valence-corrected chi connectivity index (χ4v) is 12.0. The normalized spacial score (nSPS) is 11.8. The zero-order valence-corrected chi connectivity index (χ0v) is 43.2. The molecule has 6 nitrogen and oxygen atoms in total. The number of benzene rings is 10. The second-order valence-electron chi connectivity index (χ2n) is 20.1. The maximum Gasteiger partial charge on any atom is 0.286 e. The lowest BCUT2D eigenvalue weighted by Crippen LogP contribution is -2.31. The van der Waals surface area contributed by atoms with E-state index in [9.17, 15) is 0 Å². The van der Waals surface area contributed by atoms with E-state index >= 15 is 0 Å². The highest BCUT2D eigenvalue weighted by molar-refractivity contribution is 6.21. The van der Waals surface area contributed by atoms with Gasteiger partial charge in [-0.3, -0.25) is 0 Å². The standard InChI is InChI=1S/C68H45N6.C2H6/c1-6-74-67-57-37-49-21-13-14-22-50(49)38-58(57)68(74)71-66-56-36-48-20-12-10-18-46(48)34-54(56)64(73(66)5)60(42-29-25-40(3)26-30-42)62-52-32-44-16-8-7-15-43(44)31-51(52)61(69-62)59(41-27-23-39(2)24-28-41)63-53-33-45-17-9-11-19-47(45)35-55(53)65(70-67)72(63)4;1-2/h1,7-38H,2-5H3;1-2H3/q+1;. The van der Waals surface area contributed by atoms with Crippen molar-refractivity contribution in [1.29, 1.82) is 0 Å². The van der Waals surface area contributed by atoms with Gasteiger partial charge in [0, 0.05) is 57.9 Å². The van der Waals surface area contributed by atoms with Crippen LogP contribution in [0.1, 0.15) is 25.0 Å². The first-order valence-corrected chi connectivity index (χ1v) is 26.2. The van der Waals surface area contributed by atoms with Crippen LogP contribution in [0, 0.1) is 26.3 Å². The molecule has 2 aliphatic heterocycles. The van der Waals surface area contributed by atoms with Crippen molar-refractivity contribution in [1.82, 2.24) is 24.1 Å². The fraction of sp³-hybridized carbons (Fsp3) is 0.0857. The molecule has 0 N–H and O–H groups in total. The van der Waals surface area contributed by atoms with Gasteiger partial charge in [0.1, 0.15) is 0 Å². The van der Waals surface area contributed by atoms with Crippen LogP contribution < -0.4 is 4.57 Å². The zero-order valence-electron chi connectivity index (χ0n) is 43.2. The predicted molar refractivity (Wildman–Crippen MR) is 318 cm³/mol. The maximum atomic E-state index is 6.80. The van der Waals surface area contributed by atoms with E-state index in [1.165, 1.54) is 11.1 Å². The van der Waals surface area contributed by atoms with Crippen LogP contribution in [-0.4, -0.2) is 24.1 Å². The molecule has 0 saturated heterocycles. The summed E-state index contributed by atoms with van der Waals surface area (Å²) in [5, 5.41) is 13.1. The number of aryl methyl sites for hydroxylation is 4. The zero-order chi connectivity index (χ0) is 51.5. The molecule has 10 aromatic carbocycles. The Bertz CT molecular complexity index is 4580. The molecule has 0 saturated carbocycles. The van der Waals surface area contributed by atoms with Gasteiger partial charge in [-0.15, -0.1) is 4.57 Å². The second kappa shape index (κ2) is 17.2. The van der Waals surface area contributed by atoms with Gasteiger partial charge in [-0.25, -0.2) is 4.98 Å². The minimum absolute atomic E-state index is 0.639. The topological polar surface area (TPSA) is 52.4 Å². The SMILES string of the molecule is C#C[n+]1c2nc3c4cc5ccccc5cc4c(c(-c4ccc(C)cc4)c4nc(c(-c5ccc(C)cc5)c5c6cc7ccccc7cc6c(nc1-c1cc6ccccc6cc1-2)n5C)-c1cc2ccccc2cc1-4)n3C.CC. The molecule has 2 aliphatic rings. The Morgan fingerprint density at radius 3 is 1.01 bits per heavy atom. The monoisotopic (exact) mass is 975 g/mol. The minimum Gasteiger partial charge on any atom is -0.314 e. The summed E-state index contributed by atoms with van der Waals surface area (Å²) >= 11 is 0. The molecule has 0 unspecified atom stereocenters. The number of hydrogen-bond acceptors (Lipinski definition) is 3. The Hall–Kier alpha value is -9.70. The van der Waals surface area contributed by atoms with Gasteiger partial charge in [0.15, 0.2) is 0 Å². The van der Waals surface area contributed by atoms with Crippen molar-refractivity contribution in [2.75, 3.05) is 0 Å². The van der Waals surface area contributed by atoms with E-state index in [1.54, 1.807) is 0 Å². The highest BCUT2D eigenvalue weighted by atomic mass is 15.1. The van der Waals surface area contributed by atoms with E-state index in [2.05, 4.69) is 237 Å². The van der Waals surface area contributed by atoms with E-state index in [0.29, 0.717) is 11.6 Å². The summed E-state index contributed by atoms with van der Waals surface area (Å²) in [6.45, 7) is 8.29. The van der Waals surface area contributed by atoms with Gasteiger partial charge >= 0.3 is 0 Å². The van der Waals surface area contributed by atoms with Gasteiger partial charge in [0.25, 0.3) is 11.6 Å². The van der Waals surface area contributed by atoms with E-state index in [-0.39, 0.29) is 0 Å². The third-order valence-electron chi connectivity index (χ3n) is 15.7. The highest BCUT2D eigenvalue weighted by Gasteiger charge is 2.34. The molecule has 76 heavy (non-hydrogen) atoms. The molecule has 360 valence electrons. The van der Waals surface area contributed by atoms with Crippen molar-refractivity contribution in [3.05, 3.63) is 205 Å². The first-order chi connectivity index (χ1) is 37.3. The van der Waals surface area contributed by atoms with Crippen molar-refractivity contribution in [2.24, 2.45) is 14.1 Å². The summed E-state index contributed by atoms with van der Waals surface area (Å²) in [4.78, 5) is 17.8. The number of terminal acetylenes is 1. The molecule has 0 amide bonds. The number of rotatable bonds is 2. The first-order valence-electron chi connectivity index (χ1n) is 26.2. The van der Waals surface area contributed by atoms with Crippen LogP contribution >= 0.6 is 0 Å². The Labute approximate surface area is 440 Å². The number of nitrogens with zero attached hydrogens (tertiary/aromatic N) is 6. The molecule has 3 aromatic heterocycles.